The van der Waals surface area contributed by atoms with Crippen LogP contribution in [0, 0.1) is 0 Å². The predicted octanol–water partition coefficient (Wildman–Crippen LogP) is 5.58. The number of unbranched alkanes of at least 4 members (excludes halogenated alkanes) is 1. The van der Waals surface area contributed by atoms with E-state index in [0.717, 1.165) is 44.6 Å². The molecule has 2 N–H and O–H groups in total. The molecule has 3 aromatic rings. The Balaban J connectivity index is 1.37. The van der Waals surface area contributed by atoms with Gasteiger partial charge in [-0.1, -0.05) is 31.5 Å². The molecule has 0 fully saturated rings. The Morgan fingerprint density at radius 1 is 1.04 bits per heavy atom. The van der Waals surface area contributed by atoms with Crippen molar-refractivity contribution in [3.05, 3.63) is 60.3 Å². The van der Waals surface area contributed by atoms with E-state index >= 15 is 0 Å². The third kappa shape index (κ3) is 5.28. The first-order chi connectivity index (χ1) is 12.4. The molecule has 25 heavy (non-hydrogen) atoms. The molecule has 0 saturated carbocycles. The summed E-state index contributed by atoms with van der Waals surface area (Å²) in [7, 11) is 0. The predicted molar refractivity (Wildman–Crippen MR) is 107 cm³/mol. The Kier molecular flexibility index (Phi) is 6.83. The first-order valence-corrected chi connectivity index (χ1v) is 9.86. The van der Waals surface area contributed by atoms with Crippen LogP contribution in [0.25, 0.3) is 10.9 Å². The van der Waals surface area contributed by atoms with E-state index in [1.807, 2.05) is 12.1 Å². The van der Waals surface area contributed by atoms with E-state index < -0.39 is 0 Å². The van der Waals surface area contributed by atoms with Crippen LogP contribution in [0.15, 0.2) is 59.6 Å². The summed E-state index contributed by atoms with van der Waals surface area (Å²) in [5, 5.41) is 1.34. The highest BCUT2D eigenvalue weighted by Crippen LogP contribution is 2.21. The van der Waals surface area contributed by atoms with E-state index in [9.17, 15) is 0 Å². The lowest BCUT2D eigenvalue weighted by Crippen LogP contribution is -2.06. The van der Waals surface area contributed by atoms with E-state index in [-0.39, 0.29) is 0 Å². The number of fused-ring (bicyclic) bond motifs is 1. The van der Waals surface area contributed by atoms with Gasteiger partial charge in [0.2, 0.25) is 0 Å². The number of para-hydroxylation sites is 1. The van der Waals surface area contributed by atoms with Crippen molar-refractivity contribution in [3.8, 4) is 5.75 Å². The maximum absolute atomic E-state index is 5.69. The zero-order valence-electron chi connectivity index (χ0n) is 14.8. The van der Waals surface area contributed by atoms with Gasteiger partial charge in [0.1, 0.15) is 5.75 Å². The van der Waals surface area contributed by atoms with Gasteiger partial charge in [-0.2, -0.15) is 0 Å². The molecule has 3 nitrogen and oxygen atoms in total. The number of hydrogen-bond acceptors (Lipinski definition) is 3. The molecule has 4 heteroatoms. The Bertz CT molecular complexity index is 767. The average Bonchev–Trinajstić information content (AvgIpc) is 3.06. The molecule has 0 aliphatic carbocycles. The van der Waals surface area contributed by atoms with E-state index in [1.54, 1.807) is 11.9 Å². The Morgan fingerprint density at radius 2 is 1.88 bits per heavy atom. The molecule has 0 unspecified atom stereocenters. The fourth-order valence-corrected chi connectivity index (χ4v) is 3.45. The average molecular weight is 355 g/mol. The van der Waals surface area contributed by atoms with Crippen LogP contribution in [0.1, 0.15) is 31.7 Å². The van der Waals surface area contributed by atoms with E-state index in [2.05, 4.69) is 59.2 Å². The largest absolute Gasteiger partial charge is 0.494 e. The minimum Gasteiger partial charge on any atom is -0.494 e. The van der Waals surface area contributed by atoms with Crippen LogP contribution >= 0.6 is 11.9 Å². The molecule has 0 spiro atoms. The summed E-state index contributed by atoms with van der Waals surface area (Å²) < 4.78 is 9.14. The van der Waals surface area contributed by atoms with Gasteiger partial charge in [0, 0.05) is 28.5 Å². The molecule has 0 aliphatic rings. The molecule has 2 aromatic carbocycles. The first-order valence-electron chi connectivity index (χ1n) is 9.04. The standard InChI is InChI=1S/C21H26N2OS/c1-2-3-15-24-18-10-12-19(13-11-18)25-23-14-6-7-17-16-22-21-9-5-4-8-20(17)21/h4-5,8-13,16,22-23H,2-3,6-7,14-15H2,1H3. The van der Waals surface area contributed by atoms with Crippen LogP contribution in [0.3, 0.4) is 0 Å². The highest BCUT2D eigenvalue weighted by Gasteiger charge is 2.02. The Hall–Kier alpha value is -1.91. The summed E-state index contributed by atoms with van der Waals surface area (Å²) in [6.07, 6.45) is 6.61. The van der Waals surface area contributed by atoms with Crippen molar-refractivity contribution in [1.82, 2.24) is 9.71 Å². The zero-order valence-corrected chi connectivity index (χ0v) is 15.6. The Labute approximate surface area is 154 Å². The summed E-state index contributed by atoms with van der Waals surface area (Å²) in [5.41, 5.74) is 2.62. The van der Waals surface area contributed by atoms with Crippen LogP contribution in [-0.4, -0.2) is 18.1 Å². The maximum atomic E-state index is 5.69. The van der Waals surface area contributed by atoms with Crippen LogP contribution in [0.4, 0.5) is 0 Å². The number of H-pyrrole nitrogens is 1. The van der Waals surface area contributed by atoms with Crippen LogP contribution in [-0.2, 0) is 6.42 Å². The van der Waals surface area contributed by atoms with Crippen LogP contribution < -0.4 is 9.46 Å². The molecule has 0 saturated heterocycles. The van der Waals surface area contributed by atoms with Crippen molar-refractivity contribution in [1.29, 1.82) is 0 Å². The van der Waals surface area contributed by atoms with Crippen molar-refractivity contribution in [2.75, 3.05) is 13.2 Å². The van der Waals surface area contributed by atoms with Gasteiger partial charge >= 0.3 is 0 Å². The minimum atomic E-state index is 0.801. The third-order valence-corrected chi connectivity index (χ3v) is 5.04. The quantitative estimate of drug-likeness (QED) is 0.369. The second kappa shape index (κ2) is 9.54. The van der Waals surface area contributed by atoms with Gasteiger partial charge in [-0.25, -0.2) is 0 Å². The second-order valence-electron chi connectivity index (χ2n) is 6.13. The smallest absolute Gasteiger partial charge is 0.119 e. The molecule has 0 radical (unpaired) electrons. The summed E-state index contributed by atoms with van der Waals surface area (Å²) >= 11 is 1.68. The molecule has 0 bridgehead atoms. The van der Waals surface area contributed by atoms with Crippen molar-refractivity contribution in [2.24, 2.45) is 0 Å². The van der Waals surface area contributed by atoms with Gasteiger partial charge in [-0.3, -0.25) is 4.72 Å². The van der Waals surface area contributed by atoms with Crippen molar-refractivity contribution in [3.63, 3.8) is 0 Å². The minimum absolute atomic E-state index is 0.801. The lowest BCUT2D eigenvalue weighted by atomic mass is 10.1. The molecule has 3 rings (SSSR count). The molecule has 0 atom stereocenters. The highest BCUT2D eigenvalue weighted by atomic mass is 32.2. The van der Waals surface area contributed by atoms with Gasteiger partial charge in [-0.05, 0) is 67.1 Å². The summed E-state index contributed by atoms with van der Waals surface area (Å²) in [6, 6.07) is 16.8. The molecule has 132 valence electrons. The molecule has 1 heterocycles. The van der Waals surface area contributed by atoms with Gasteiger partial charge in [0.25, 0.3) is 0 Å². The van der Waals surface area contributed by atoms with E-state index in [1.165, 1.54) is 21.4 Å². The van der Waals surface area contributed by atoms with Crippen molar-refractivity contribution < 1.29 is 4.74 Å². The van der Waals surface area contributed by atoms with Crippen LogP contribution in [0.5, 0.6) is 5.75 Å². The summed E-state index contributed by atoms with van der Waals surface area (Å²) in [6.45, 7) is 3.96. The fraction of sp³-hybridized carbons (Fsp3) is 0.333. The summed E-state index contributed by atoms with van der Waals surface area (Å²) in [5.74, 6) is 0.956. The van der Waals surface area contributed by atoms with Crippen LogP contribution in [0.2, 0.25) is 0 Å². The van der Waals surface area contributed by atoms with Gasteiger partial charge in [0.05, 0.1) is 6.61 Å². The number of aromatic amines is 1. The first kappa shape index (κ1) is 17.9. The molecule has 1 aromatic heterocycles. The zero-order chi connectivity index (χ0) is 17.3. The number of aryl methyl sites for hydroxylation is 1. The topological polar surface area (TPSA) is 37.0 Å². The lowest BCUT2D eigenvalue weighted by Gasteiger charge is -2.07. The number of aromatic nitrogens is 1. The van der Waals surface area contributed by atoms with Crippen molar-refractivity contribution >= 4 is 22.9 Å². The van der Waals surface area contributed by atoms with E-state index in [0.29, 0.717) is 0 Å². The lowest BCUT2D eigenvalue weighted by molar-refractivity contribution is 0.309. The number of rotatable bonds is 10. The maximum Gasteiger partial charge on any atom is 0.119 e. The number of hydrogen-bond donors (Lipinski definition) is 2. The Morgan fingerprint density at radius 3 is 2.72 bits per heavy atom. The normalized spacial score (nSPS) is 11.1. The van der Waals surface area contributed by atoms with Gasteiger partial charge < -0.3 is 9.72 Å². The van der Waals surface area contributed by atoms with Gasteiger partial charge in [0.15, 0.2) is 0 Å². The van der Waals surface area contributed by atoms with Crippen molar-refractivity contribution in [2.45, 2.75) is 37.5 Å². The second-order valence-corrected chi connectivity index (χ2v) is 7.10. The molecular formula is C21H26N2OS. The monoisotopic (exact) mass is 354 g/mol. The highest BCUT2D eigenvalue weighted by molar-refractivity contribution is 7.97. The molecule has 0 aliphatic heterocycles. The van der Waals surface area contributed by atoms with Gasteiger partial charge in [-0.15, -0.1) is 0 Å². The molecule has 0 amide bonds. The number of ether oxygens (including phenoxy) is 1. The summed E-state index contributed by atoms with van der Waals surface area (Å²) in [4.78, 5) is 4.56. The number of benzene rings is 2. The third-order valence-electron chi connectivity index (χ3n) is 4.18. The fourth-order valence-electron chi connectivity index (χ4n) is 2.76. The number of nitrogens with one attached hydrogen (secondary N) is 2. The molecular weight excluding hydrogens is 328 g/mol. The SMILES string of the molecule is CCCCOc1ccc(SNCCCc2c[nH]c3ccccc23)cc1. The van der Waals surface area contributed by atoms with E-state index in [4.69, 9.17) is 4.74 Å².